The van der Waals surface area contributed by atoms with Crippen molar-refractivity contribution < 1.29 is 19.0 Å². The van der Waals surface area contributed by atoms with Gasteiger partial charge in [0.2, 0.25) is 17.6 Å². The van der Waals surface area contributed by atoms with E-state index in [-0.39, 0.29) is 5.91 Å². The van der Waals surface area contributed by atoms with Gasteiger partial charge in [-0.25, -0.2) is 15.0 Å². The largest absolute Gasteiger partial charge is 0.493 e. The first kappa shape index (κ1) is 31.4. The highest BCUT2D eigenvalue weighted by Crippen LogP contribution is 2.40. The molecular weight excluding hydrogens is 632 g/mol. The Morgan fingerprint density at radius 1 is 1.00 bits per heavy atom. The number of pyridine rings is 1. The van der Waals surface area contributed by atoms with Gasteiger partial charge in [-0.3, -0.25) is 9.69 Å². The molecule has 0 radical (unpaired) electrons. The van der Waals surface area contributed by atoms with Crippen molar-refractivity contribution in [3.8, 4) is 22.9 Å². The zero-order valence-corrected chi connectivity index (χ0v) is 27.9. The Morgan fingerprint density at radius 2 is 1.79 bits per heavy atom. The molecule has 14 nitrogen and oxygen atoms in total. The van der Waals surface area contributed by atoms with E-state index in [4.69, 9.17) is 29.9 Å². The Balaban J connectivity index is 1.17. The standard InChI is InChI=1S/C33H38N10O4S/c1-45-25-15-21(16-26(46-2)29(25)47-3)42-19-27(36-20-42)37-31-23-17-22(18-40-11-13-41(14-12-40)28-8-4-5-9-35-28)48-32(23)39-33(38-31)43-10-6-7-24(43)30(34)44/h4-5,8-9,15-17,19-20,24H,6-7,10-14,18H2,1-3H3,(H2,34,44)(H,37,38,39)/t24-/m0/s1. The number of amides is 1. The third-order valence-electron chi connectivity index (χ3n) is 8.77. The maximum absolute atomic E-state index is 12.3. The van der Waals surface area contributed by atoms with E-state index in [2.05, 4.69) is 37.2 Å². The van der Waals surface area contributed by atoms with Gasteiger partial charge in [-0.1, -0.05) is 6.07 Å². The number of nitrogens with zero attached hydrogens (tertiary/aromatic N) is 8. The summed E-state index contributed by atoms with van der Waals surface area (Å²) in [4.78, 5) is 40.0. The number of nitrogens with two attached hydrogens (primary N) is 1. The van der Waals surface area contributed by atoms with Gasteiger partial charge in [0.1, 0.15) is 34.7 Å². The number of primary amides is 1. The van der Waals surface area contributed by atoms with Gasteiger partial charge in [0.25, 0.3) is 0 Å². The van der Waals surface area contributed by atoms with E-state index in [1.165, 1.54) is 4.88 Å². The summed E-state index contributed by atoms with van der Waals surface area (Å²) in [5.74, 6) is 3.91. The van der Waals surface area contributed by atoms with E-state index < -0.39 is 6.04 Å². The summed E-state index contributed by atoms with van der Waals surface area (Å²) in [5, 5.41) is 4.32. The molecule has 48 heavy (non-hydrogen) atoms. The molecule has 0 unspecified atom stereocenters. The van der Waals surface area contributed by atoms with E-state index in [0.29, 0.717) is 47.8 Å². The minimum absolute atomic E-state index is 0.369. The molecule has 2 aliphatic rings. The molecule has 1 amide bonds. The second kappa shape index (κ2) is 13.5. The van der Waals surface area contributed by atoms with E-state index >= 15 is 0 Å². The molecule has 6 heterocycles. The second-order valence-electron chi connectivity index (χ2n) is 11.7. The molecule has 15 heteroatoms. The predicted molar refractivity (Wildman–Crippen MR) is 185 cm³/mol. The van der Waals surface area contributed by atoms with E-state index in [9.17, 15) is 4.79 Å². The normalized spacial score (nSPS) is 16.8. The van der Waals surface area contributed by atoms with Crippen LogP contribution in [0.3, 0.4) is 0 Å². The molecule has 3 N–H and O–H groups in total. The molecule has 2 aliphatic heterocycles. The molecule has 0 saturated carbocycles. The van der Waals surface area contributed by atoms with E-state index in [0.717, 1.165) is 60.9 Å². The number of imidazole rings is 1. The summed E-state index contributed by atoms with van der Waals surface area (Å²) in [6.45, 7) is 5.15. The predicted octanol–water partition coefficient (Wildman–Crippen LogP) is 3.82. The van der Waals surface area contributed by atoms with Gasteiger partial charge in [0.05, 0.1) is 38.6 Å². The first-order chi connectivity index (χ1) is 23.4. The van der Waals surface area contributed by atoms with Crippen LogP contribution in [0.25, 0.3) is 15.9 Å². The number of fused-ring (bicyclic) bond motifs is 1. The maximum Gasteiger partial charge on any atom is 0.240 e. The van der Waals surface area contributed by atoms with Crippen LogP contribution in [-0.2, 0) is 11.3 Å². The molecule has 0 aliphatic carbocycles. The van der Waals surface area contributed by atoms with E-state index in [1.807, 2.05) is 46.1 Å². The number of ether oxygens (including phenoxy) is 3. The molecule has 7 rings (SSSR count). The zero-order chi connectivity index (χ0) is 33.2. The van der Waals surface area contributed by atoms with Gasteiger partial charge in [-0.15, -0.1) is 11.3 Å². The topological polar surface area (TPSA) is 149 Å². The van der Waals surface area contributed by atoms with Crippen LogP contribution < -0.4 is 35.1 Å². The lowest BCUT2D eigenvalue weighted by atomic mass is 10.2. The number of aromatic nitrogens is 5. The average molecular weight is 671 g/mol. The Hall–Kier alpha value is -5.15. The lowest BCUT2D eigenvalue weighted by Gasteiger charge is -2.35. The Bertz CT molecular complexity index is 1880. The summed E-state index contributed by atoms with van der Waals surface area (Å²) in [7, 11) is 4.74. The third kappa shape index (κ3) is 6.25. The summed E-state index contributed by atoms with van der Waals surface area (Å²) in [6.07, 6.45) is 6.93. The van der Waals surface area contributed by atoms with Crippen molar-refractivity contribution in [1.29, 1.82) is 0 Å². The highest BCUT2D eigenvalue weighted by Gasteiger charge is 2.32. The first-order valence-corrected chi connectivity index (χ1v) is 16.6. The summed E-state index contributed by atoms with van der Waals surface area (Å²) < 4.78 is 18.4. The van der Waals surface area contributed by atoms with Crippen molar-refractivity contribution >= 4 is 50.9 Å². The molecule has 1 aromatic carbocycles. The molecular formula is C33H38N10O4S. The van der Waals surface area contributed by atoms with Crippen LogP contribution in [0.1, 0.15) is 17.7 Å². The molecule has 1 atom stereocenters. The van der Waals surface area contributed by atoms with Crippen molar-refractivity contribution in [3.63, 3.8) is 0 Å². The lowest BCUT2D eigenvalue weighted by molar-refractivity contribution is -0.119. The molecule has 4 aromatic heterocycles. The summed E-state index contributed by atoms with van der Waals surface area (Å²) in [6, 6.07) is 11.4. The summed E-state index contributed by atoms with van der Waals surface area (Å²) >= 11 is 1.64. The first-order valence-electron chi connectivity index (χ1n) is 15.8. The van der Waals surface area contributed by atoms with Gasteiger partial charge in [0, 0.05) is 62.5 Å². The molecule has 250 valence electrons. The van der Waals surface area contributed by atoms with Crippen molar-refractivity contribution in [1.82, 2.24) is 29.4 Å². The maximum atomic E-state index is 12.3. The summed E-state index contributed by atoms with van der Waals surface area (Å²) in [5.41, 5.74) is 6.55. The minimum atomic E-state index is -0.440. The van der Waals surface area contributed by atoms with Crippen LogP contribution in [0.15, 0.2) is 55.1 Å². The third-order valence-corrected chi connectivity index (χ3v) is 9.79. The molecule has 0 spiro atoms. The number of methoxy groups -OCH3 is 3. The number of carbonyl (C=O) groups is 1. The lowest BCUT2D eigenvalue weighted by Crippen LogP contribution is -2.46. The van der Waals surface area contributed by atoms with Crippen LogP contribution in [0.5, 0.6) is 17.2 Å². The molecule has 0 bridgehead atoms. The fourth-order valence-corrected chi connectivity index (χ4v) is 7.39. The number of benzene rings is 1. The van der Waals surface area contributed by atoms with Gasteiger partial charge in [-0.05, 0) is 31.0 Å². The smallest absolute Gasteiger partial charge is 0.240 e. The number of rotatable bonds is 11. The fourth-order valence-electron chi connectivity index (χ4n) is 6.33. The van der Waals surface area contributed by atoms with Gasteiger partial charge in [0.15, 0.2) is 11.5 Å². The number of hydrogen-bond acceptors (Lipinski definition) is 13. The Kier molecular flexibility index (Phi) is 8.86. The van der Waals surface area contributed by atoms with E-state index in [1.54, 1.807) is 39.0 Å². The number of nitrogens with one attached hydrogen (secondary N) is 1. The Morgan fingerprint density at radius 3 is 2.48 bits per heavy atom. The molecule has 5 aromatic rings. The fraction of sp³-hybridized carbons (Fsp3) is 0.364. The molecule has 2 saturated heterocycles. The van der Waals surface area contributed by atoms with Gasteiger partial charge < -0.3 is 39.6 Å². The van der Waals surface area contributed by atoms with Crippen molar-refractivity contribution in [2.24, 2.45) is 5.73 Å². The second-order valence-corrected chi connectivity index (χ2v) is 12.8. The number of carbonyl (C=O) groups excluding carboxylic acids is 1. The molecule has 2 fully saturated rings. The van der Waals surface area contributed by atoms with Crippen molar-refractivity contribution in [2.45, 2.75) is 25.4 Å². The quantitative estimate of drug-likeness (QED) is 0.210. The van der Waals surface area contributed by atoms with Crippen molar-refractivity contribution in [3.05, 3.63) is 60.0 Å². The van der Waals surface area contributed by atoms with Crippen LogP contribution in [-0.4, -0.2) is 95.4 Å². The average Bonchev–Trinajstić information content (AvgIpc) is 3.88. The number of piperazine rings is 1. The number of anilines is 4. The number of hydrogen-bond donors (Lipinski definition) is 2. The number of thiophene rings is 1. The highest BCUT2D eigenvalue weighted by molar-refractivity contribution is 7.18. The Labute approximate surface area is 282 Å². The SMILES string of the molecule is COc1cc(-n2cnc(Nc3nc(N4CCC[C@H]4C(N)=O)nc4sc(CN5CCN(c6ccccn6)CC5)cc34)c2)cc(OC)c1OC. The van der Waals surface area contributed by atoms with Crippen LogP contribution in [0, 0.1) is 0 Å². The van der Waals surface area contributed by atoms with Gasteiger partial charge in [-0.2, -0.15) is 4.98 Å². The zero-order valence-electron chi connectivity index (χ0n) is 27.1. The van der Waals surface area contributed by atoms with Crippen LogP contribution in [0.4, 0.5) is 23.4 Å². The highest BCUT2D eigenvalue weighted by atomic mass is 32.1. The monoisotopic (exact) mass is 670 g/mol. The van der Waals surface area contributed by atoms with Crippen molar-refractivity contribution in [2.75, 3.05) is 69.2 Å². The minimum Gasteiger partial charge on any atom is -0.493 e. The van der Waals surface area contributed by atoms with Crippen LogP contribution >= 0.6 is 11.3 Å². The van der Waals surface area contributed by atoms with Gasteiger partial charge >= 0.3 is 0 Å². The van der Waals surface area contributed by atoms with Crippen LogP contribution in [0.2, 0.25) is 0 Å².